The Morgan fingerprint density at radius 1 is 1.38 bits per heavy atom. The predicted octanol–water partition coefficient (Wildman–Crippen LogP) is 2.63. The lowest BCUT2D eigenvalue weighted by molar-refractivity contribution is -0.133. The number of amides is 1. The van der Waals surface area contributed by atoms with Crippen LogP contribution in [0.25, 0.3) is 0 Å². The number of carbonyl (C=O) groups is 1. The zero-order chi connectivity index (χ0) is 15.5. The number of rotatable bonds is 6. The molecule has 1 aliphatic rings. The van der Waals surface area contributed by atoms with Crippen LogP contribution < -0.4 is 5.32 Å². The molecule has 1 heterocycles. The first-order valence-corrected chi connectivity index (χ1v) is 7.66. The van der Waals surface area contributed by atoms with E-state index in [1.54, 1.807) is 7.11 Å². The molecule has 0 aliphatic carbocycles. The quantitative estimate of drug-likeness (QED) is 0.819. The molecule has 1 amide bonds. The summed E-state index contributed by atoms with van der Waals surface area (Å²) in [7, 11) is 1.69. The van der Waals surface area contributed by atoms with E-state index in [2.05, 4.69) is 31.3 Å². The van der Waals surface area contributed by atoms with Gasteiger partial charge in [-0.25, -0.2) is 0 Å². The molecule has 1 aliphatic heterocycles. The van der Waals surface area contributed by atoms with Crippen molar-refractivity contribution in [2.45, 2.75) is 45.3 Å². The number of hydrogen-bond donors (Lipinski definition) is 1. The molecule has 1 fully saturated rings. The predicted molar refractivity (Wildman–Crippen MR) is 84.0 cm³/mol. The molecule has 1 saturated heterocycles. The summed E-state index contributed by atoms with van der Waals surface area (Å²) >= 11 is 0. The second-order valence-corrected chi connectivity index (χ2v) is 5.93. The van der Waals surface area contributed by atoms with Gasteiger partial charge in [0.2, 0.25) is 5.91 Å². The lowest BCUT2D eigenvalue weighted by atomic mass is 9.99. The molecule has 4 nitrogen and oxygen atoms in total. The number of carbonyl (C=O) groups excluding carboxylic acids is 1. The number of nitrogens with one attached hydrogen (secondary N) is 1. The lowest BCUT2D eigenvalue weighted by Crippen LogP contribution is -2.43. The van der Waals surface area contributed by atoms with Crippen LogP contribution in [-0.4, -0.2) is 36.6 Å². The van der Waals surface area contributed by atoms with Gasteiger partial charge in [0.1, 0.15) is 6.17 Å². The molecule has 2 unspecified atom stereocenters. The average Bonchev–Trinajstić information content (AvgIpc) is 2.73. The van der Waals surface area contributed by atoms with Crippen LogP contribution in [0.4, 0.5) is 0 Å². The number of aryl methyl sites for hydroxylation is 1. The molecular weight excluding hydrogens is 264 g/mol. The fraction of sp³-hybridized carbons (Fsp3) is 0.588. The third kappa shape index (κ3) is 3.11. The Bertz CT molecular complexity index is 503. The monoisotopic (exact) mass is 290 g/mol. The van der Waals surface area contributed by atoms with Crippen LogP contribution in [0.15, 0.2) is 24.3 Å². The largest absolute Gasteiger partial charge is 0.385 e. The van der Waals surface area contributed by atoms with Crippen molar-refractivity contribution in [1.29, 1.82) is 0 Å². The lowest BCUT2D eigenvalue weighted by Gasteiger charge is -2.25. The number of methoxy groups -OCH3 is 1. The summed E-state index contributed by atoms with van der Waals surface area (Å²) in [5.74, 6) is 0.189. The van der Waals surface area contributed by atoms with Gasteiger partial charge in [0, 0.05) is 20.3 Å². The first-order chi connectivity index (χ1) is 10.0. The van der Waals surface area contributed by atoms with Gasteiger partial charge in [-0.3, -0.25) is 10.1 Å². The fourth-order valence-electron chi connectivity index (χ4n) is 2.88. The van der Waals surface area contributed by atoms with Crippen LogP contribution in [0.3, 0.4) is 0 Å². The Morgan fingerprint density at radius 2 is 2.10 bits per heavy atom. The maximum Gasteiger partial charge on any atom is 0.244 e. The van der Waals surface area contributed by atoms with Crippen LogP contribution in [-0.2, 0) is 9.53 Å². The fourth-order valence-corrected chi connectivity index (χ4v) is 2.88. The van der Waals surface area contributed by atoms with Crippen molar-refractivity contribution in [1.82, 2.24) is 10.2 Å². The summed E-state index contributed by atoms with van der Waals surface area (Å²) < 4.78 is 5.12. The zero-order valence-corrected chi connectivity index (χ0v) is 13.5. The van der Waals surface area contributed by atoms with Crippen LogP contribution in [0.5, 0.6) is 0 Å². The highest BCUT2D eigenvalue weighted by Gasteiger charge is 2.47. The Morgan fingerprint density at radius 3 is 2.71 bits per heavy atom. The van der Waals surface area contributed by atoms with E-state index in [1.807, 2.05) is 24.0 Å². The first kappa shape index (κ1) is 16.0. The number of nitrogens with zero attached hydrogens (tertiary/aromatic N) is 1. The molecule has 4 heteroatoms. The molecular formula is C17H26N2O2. The molecule has 1 aromatic carbocycles. The minimum absolute atomic E-state index is 0.0412. The van der Waals surface area contributed by atoms with Gasteiger partial charge >= 0.3 is 0 Å². The van der Waals surface area contributed by atoms with Crippen molar-refractivity contribution >= 4 is 5.91 Å². The van der Waals surface area contributed by atoms with Gasteiger partial charge in [0.05, 0.1) is 5.54 Å². The maximum absolute atomic E-state index is 12.8. The number of ether oxygens (including phenoxy) is 1. The van der Waals surface area contributed by atoms with Crippen molar-refractivity contribution < 1.29 is 9.53 Å². The van der Waals surface area contributed by atoms with Crippen LogP contribution in [0, 0.1) is 6.92 Å². The highest BCUT2D eigenvalue weighted by atomic mass is 16.5. The van der Waals surface area contributed by atoms with E-state index < -0.39 is 5.54 Å². The molecule has 116 valence electrons. The Balaban J connectivity index is 2.28. The van der Waals surface area contributed by atoms with E-state index in [4.69, 9.17) is 4.74 Å². The molecule has 1 aromatic rings. The molecule has 1 N–H and O–H groups in total. The Labute approximate surface area is 127 Å². The van der Waals surface area contributed by atoms with Crippen molar-refractivity contribution in [2.24, 2.45) is 0 Å². The highest BCUT2D eigenvalue weighted by molar-refractivity contribution is 5.88. The smallest absolute Gasteiger partial charge is 0.244 e. The van der Waals surface area contributed by atoms with Crippen molar-refractivity contribution in [2.75, 3.05) is 20.3 Å². The van der Waals surface area contributed by atoms with Crippen LogP contribution >= 0.6 is 0 Å². The van der Waals surface area contributed by atoms with E-state index in [-0.39, 0.29) is 12.1 Å². The van der Waals surface area contributed by atoms with Gasteiger partial charge in [-0.15, -0.1) is 0 Å². The highest BCUT2D eigenvalue weighted by Crippen LogP contribution is 2.33. The van der Waals surface area contributed by atoms with E-state index in [1.165, 1.54) is 11.1 Å². The molecule has 2 rings (SSSR count). The van der Waals surface area contributed by atoms with Gasteiger partial charge < -0.3 is 9.64 Å². The normalized spacial score (nSPS) is 25.6. The van der Waals surface area contributed by atoms with Crippen molar-refractivity contribution in [3.8, 4) is 0 Å². The first-order valence-electron chi connectivity index (χ1n) is 7.66. The molecule has 0 saturated carbocycles. The molecule has 0 bridgehead atoms. The molecule has 0 spiro atoms. The van der Waals surface area contributed by atoms with Gasteiger partial charge in [-0.1, -0.05) is 31.2 Å². The van der Waals surface area contributed by atoms with Gasteiger partial charge in [-0.2, -0.15) is 0 Å². The summed E-state index contributed by atoms with van der Waals surface area (Å²) in [4.78, 5) is 14.7. The summed E-state index contributed by atoms with van der Waals surface area (Å²) in [5, 5.41) is 3.54. The summed E-state index contributed by atoms with van der Waals surface area (Å²) in [6.45, 7) is 7.53. The Kier molecular flexibility index (Phi) is 5.01. The zero-order valence-electron chi connectivity index (χ0n) is 13.5. The van der Waals surface area contributed by atoms with Gasteiger partial charge in [0.15, 0.2) is 0 Å². The van der Waals surface area contributed by atoms with Gasteiger partial charge in [-0.05, 0) is 37.8 Å². The minimum atomic E-state index is -0.472. The number of hydrogen-bond acceptors (Lipinski definition) is 3. The molecule has 21 heavy (non-hydrogen) atoms. The van der Waals surface area contributed by atoms with E-state index in [0.717, 1.165) is 12.8 Å². The number of benzene rings is 1. The second kappa shape index (κ2) is 6.58. The topological polar surface area (TPSA) is 41.6 Å². The molecule has 2 atom stereocenters. The van der Waals surface area contributed by atoms with Crippen LogP contribution in [0.2, 0.25) is 0 Å². The summed E-state index contributed by atoms with van der Waals surface area (Å²) in [6, 6.07) is 8.26. The Hall–Kier alpha value is -1.39. The third-order valence-corrected chi connectivity index (χ3v) is 4.44. The molecule has 0 aromatic heterocycles. The van der Waals surface area contributed by atoms with E-state index >= 15 is 0 Å². The van der Waals surface area contributed by atoms with Crippen molar-refractivity contribution in [3.63, 3.8) is 0 Å². The van der Waals surface area contributed by atoms with Gasteiger partial charge in [0.25, 0.3) is 0 Å². The minimum Gasteiger partial charge on any atom is -0.385 e. The van der Waals surface area contributed by atoms with Crippen LogP contribution in [0.1, 0.15) is 44.0 Å². The molecule has 0 radical (unpaired) electrons. The maximum atomic E-state index is 12.8. The second-order valence-electron chi connectivity index (χ2n) is 5.93. The van der Waals surface area contributed by atoms with E-state index in [9.17, 15) is 4.79 Å². The van der Waals surface area contributed by atoms with Crippen molar-refractivity contribution in [3.05, 3.63) is 35.4 Å². The SMILES string of the molecule is CCC1(C)NC(c2ccccc2C)N(CCCOC)C1=O. The standard InChI is InChI=1S/C17H26N2O2/c1-5-17(3)16(20)19(11-8-12-21-4)15(18-17)14-10-7-6-9-13(14)2/h6-7,9-10,15,18H,5,8,11-12H2,1-4H3. The summed E-state index contributed by atoms with van der Waals surface area (Å²) in [6.07, 6.45) is 1.60. The third-order valence-electron chi connectivity index (χ3n) is 4.44. The van der Waals surface area contributed by atoms with E-state index in [0.29, 0.717) is 13.2 Å². The summed E-state index contributed by atoms with van der Waals surface area (Å²) in [5.41, 5.74) is 1.92. The average molecular weight is 290 g/mol.